The van der Waals surface area contributed by atoms with Crippen molar-refractivity contribution in [2.45, 2.75) is 0 Å². The topological polar surface area (TPSA) is 21.5 Å². The van der Waals surface area contributed by atoms with E-state index >= 15 is 0 Å². The van der Waals surface area contributed by atoms with Crippen LogP contribution in [0.15, 0.2) is 36.5 Å². The molecule has 0 saturated heterocycles. The molecule has 2 nitrogen and oxygen atoms in total. The summed E-state index contributed by atoms with van der Waals surface area (Å²) in [5.41, 5.74) is 1.74. The van der Waals surface area contributed by atoms with E-state index < -0.39 is 0 Å². The first-order chi connectivity index (χ1) is 5.42. The van der Waals surface area contributed by atoms with Gasteiger partial charge >= 0.3 is 1.43 Å². The Bertz CT molecular complexity index is 394. The van der Waals surface area contributed by atoms with Gasteiger partial charge in [-0.05, 0) is 24.3 Å². The highest BCUT2D eigenvalue weighted by atomic mass is 16.1. The van der Waals surface area contributed by atoms with Crippen LogP contribution in [0.4, 0.5) is 0 Å². The summed E-state index contributed by atoms with van der Waals surface area (Å²) in [5, 5.41) is 0. The third kappa shape index (κ3) is 0.835. The molecule has 0 spiro atoms. The number of pyridine rings is 1. The van der Waals surface area contributed by atoms with Crippen LogP contribution in [0.2, 0.25) is 0 Å². The summed E-state index contributed by atoms with van der Waals surface area (Å²) in [6.07, 6.45) is 2.73. The molecular weight excluding hydrogens is 138 g/mol. The van der Waals surface area contributed by atoms with Gasteiger partial charge in [0, 0.05) is 11.7 Å². The number of aldehydes is 1. The van der Waals surface area contributed by atoms with Crippen molar-refractivity contribution in [2.75, 3.05) is 0 Å². The minimum absolute atomic E-state index is 0. The molecule has 2 aromatic heterocycles. The molecule has 0 fully saturated rings. The second-order valence-corrected chi connectivity index (χ2v) is 2.37. The molecule has 0 aliphatic carbocycles. The van der Waals surface area contributed by atoms with Crippen molar-refractivity contribution in [3.63, 3.8) is 0 Å². The minimum atomic E-state index is 0. The maximum Gasteiger partial charge on any atom is 1.00 e. The van der Waals surface area contributed by atoms with Gasteiger partial charge in [-0.15, -0.1) is 0 Å². The number of carbonyl (C=O) groups excluding carboxylic acids is 1. The van der Waals surface area contributed by atoms with Crippen molar-refractivity contribution in [2.24, 2.45) is 0 Å². The highest BCUT2D eigenvalue weighted by Gasteiger charge is 1.94. The van der Waals surface area contributed by atoms with E-state index in [9.17, 15) is 4.79 Å². The lowest BCUT2D eigenvalue weighted by Crippen LogP contribution is -1.91. The van der Waals surface area contributed by atoms with Crippen molar-refractivity contribution in [3.8, 4) is 0 Å². The minimum Gasteiger partial charge on any atom is -0.314 e. The Labute approximate surface area is 65.6 Å². The normalized spacial score (nSPS) is 10.2. The Hall–Kier alpha value is -1.57. The average molecular weight is 146 g/mol. The van der Waals surface area contributed by atoms with Crippen LogP contribution in [0.1, 0.15) is 11.9 Å². The largest absolute Gasteiger partial charge is 1.00 e. The molecule has 0 bridgehead atoms. The van der Waals surface area contributed by atoms with E-state index in [0.717, 1.165) is 11.8 Å². The number of fused-ring (bicyclic) bond motifs is 1. The molecule has 0 atom stereocenters. The summed E-state index contributed by atoms with van der Waals surface area (Å²) < 4.78 is 1.85. The SMILES string of the molecule is O=Cc1cccc2cccn12.[H+]. The number of rotatable bonds is 1. The third-order valence-corrected chi connectivity index (χ3v) is 1.71. The summed E-state index contributed by atoms with van der Waals surface area (Å²) in [6.45, 7) is 0. The lowest BCUT2D eigenvalue weighted by Gasteiger charge is -1.96. The fraction of sp³-hybridized carbons (Fsp3) is 0. The lowest BCUT2D eigenvalue weighted by molar-refractivity contribution is 0.111. The second kappa shape index (κ2) is 2.23. The predicted molar refractivity (Wildman–Crippen MR) is 43.9 cm³/mol. The average Bonchev–Trinajstić information content (AvgIpc) is 2.50. The zero-order chi connectivity index (χ0) is 7.68. The summed E-state index contributed by atoms with van der Waals surface area (Å²) in [6, 6.07) is 9.52. The van der Waals surface area contributed by atoms with E-state index in [2.05, 4.69) is 0 Å². The molecule has 0 unspecified atom stereocenters. The molecule has 0 aliphatic heterocycles. The van der Waals surface area contributed by atoms with Crippen molar-refractivity contribution in [3.05, 3.63) is 42.2 Å². The van der Waals surface area contributed by atoms with Gasteiger partial charge in [0.15, 0.2) is 6.29 Å². The fourth-order valence-electron chi connectivity index (χ4n) is 1.19. The maximum absolute atomic E-state index is 10.5. The molecule has 0 amide bonds. The number of hydrogen-bond donors (Lipinski definition) is 0. The van der Waals surface area contributed by atoms with Crippen LogP contribution in [0.5, 0.6) is 0 Å². The molecule has 0 aromatic carbocycles. The van der Waals surface area contributed by atoms with E-state index in [1.54, 1.807) is 6.07 Å². The monoisotopic (exact) mass is 146 g/mol. The number of nitrogens with zero attached hydrogens (tertiary/aromatic N) is 1. The Morgan fingerprint density at radius 3 is 2.91 bits per heavy atom. The zero-order valence-electron chi connectivity index (χ0n) is 6.90. The number of hydrogen-bond acceptors (Lipinski definition) is 1. The molecule has 0 N–H and O–H groups in total. The van der Waals surface area contributed by atoms with Crippen molar-refractivity contribution >= 4 is 11.8 Å². The summed E-state index contributed by atoms with van der Waals surface area (Å²) in [4.78, 5) is 10.5. The van der Waals surface area contributed by atoms with E-state index in [1.165, 1.54) is 0 Å². The predicted octanol–water partition coefficient (Wildman–Crippen LogP) is 1.86. The molecule has 54 valence electrons. The Kier molecular flexibility index (Phi) is 1.25. The molecule has 2 rings (SSSR count). The first kappa shape index (κ1) is 6.16. The number of carbonyl (C=O) groups is 1. The third-order valence-electron chi connectivity index (χ3n) is 1.71. The second-order valence-electron chi connectivity index (χ2n) is 2.37. The zero-order valence-corrected chi connectivity index (χ0v) is 5.90. The van der Waals surface area contributed by atoms with Crippen LogP contribution in [-0.2, 0) is 0 Å². The highest BCUT2D eigenvalue weighted by molar-refractivity contribution is 5.74. The lowest BCUT2D eigenvalue weighted by atomic mass is 10.3. The highest BCUT2D eigenvalue weighted by Crippen LogP contribution is 2.06. The quantitative estimate of drug-likeness (QED) is 0.563. The van der Waals surface area contributed by atoms with Crippen LogP contribution < -0.4 is 0 Å². The van der Waals surface area contributed by atoms with Crippen LogP contribution in [-0.4, -0.2) is 10.7 Å². The van der Waals surface area contributed by atoms with Crippen LogP contribution >= 0.6 is 0 Å². The van der Waals surface area contributed by atoms with Gasteiger partial charge in [-0.1, -0.05) is 6.07 Å². The van der Waals surface area contributed by atoms with Gasteiger partial charge in [-0.2, -0.15) is 0 Å². The smallest absolute Gasteiger partial charge is 0.314 e. The summed E-state index contributed by atoms with van der Waals surface area (Å²) >= 11 is 0. The standard InChI is InChI=1S/C9H7NO/c11-7-9-4-1-3-8-5-2-6-10(8)9/h1-7H/p+1. The van der Waals surface area contributed by atoms with Crippen LogP contribution in [0, 0.1) is 0 Å². The van der Waals surface area contributed by atoms with Gasteiger partial charge in [0.05, 0.1) is 5.69 Å². The maximum atomic E-state index is 10.5. The van der Waals surface area contributed by atoms with Crippen LogP contribution in [0.3, 0.4) is 0 Å². The molecule has 2 heteroatoms. The van der Waals surface area contributed by atoms with Gasteiger partial charge in [0.25, 0.3) is 0 Å². The first-order valence-electron chi connectivity index (χ1n) is 3.43. The van der Waals surface area contributed by atoms with Crippen molar-refractivity contribution in [1.82, 2.24) is 4.40 Å². The summed E-state index contributed by atoms with van der Waals surface area (Å²) in [7, 11) is 0. The van der Waals surface area contributed by atoms with Gasteiger partial charge in [-0.25, -0.2) is 0 Å². The molecule has 2 aromatic rings. The Balaban J connectivity index is 0.000000720. The molecule has 2 heterocycles. The van der Waals surface area contributed by atoms with Crippen molar-refractivity contribution in [1.29, 1.82) is 0 Å². The molecular formula is C9H8NO+. The van der Waals surface area contributed by atoms with Crippen molar-refractivity contribution < 1.29 is 6.22 Å². The molecule has 0 aliphatic rings. The van der Waals surface area contributed by atoms with Gasteiger partial charge in [0.1, 0.15) is 0 Å². The molecule has 11 heavy (non-hydrogen) atoms. The Morgan fingerprint density at radius 1 is 1.27 bits per heavy atom. The van der Waals surface area contributed by atoms with Gasteiger partial charge in [-0.3, -0.25) is 4.79 Å². The van der Waals surface area contributed by atoms with E-state index in [-0.39, 0.29) is 1.43 Å². The van der Waals surface area contributed by atoms with Gasteiger partial charge < -0.3 is 4.40 Å². The van der Waals surface area contributed by atoms with E-state index in [1.807, 2.05) is 34.9 Å². The molecule has 0 radical (unpaired) electrons. The number of aromatic nitrogens is 1. The van der Waals surface area contributed by atoms with Crippen LogP contribution in [0.25, 0.3) is 5.52 Å². The fourth-order valence-corrected chi connectivity index (χ4v) is 1.19. The Morgan fingerprint density at radius 2 is 2.09 bits per heavy atom. The van der Waals surface area contributed by atoms with E-state index in [4.69, 9.17) is 0 Å². The first-order valence-corrected chi connectivity index (χ1v) is 3.43. The molecule has 0 saturated carbocycles. The van der Waals surface area contributed by atoms with Gasteiger partial charge in [0.2, 0.25) is 0 Å². The summed E-state index contributed by atoms with van der Waals surface area (Å²) in [5.74, 6) is 0. The van der Waals surface area contributed by atoms with E-state index in [0.29, 0.717) is 5.69 Å².